The van der Waals surface area contributed by atoms with E-state index in [1.165, 1.54) is 17.4 Å². The molecule has 0 aliphatic carbocycles. The first-order valence-electron chi connectivity index (χ1n) is 11.0. The highest BCUT2D eigenvalue weighted by Gasteiger charge is 2.20. The minimum Gasteiger partial charge on any atom is -0.341 e. The highest BCUT2D eigenvalue weighted by Crippen LogP contribution is 2.34. The van der Waals surface area contributed by atoms with Crippen LogP contribution in [-0.4, -0.2) is 27.0 Å². The van der Waals surface area contributed by atoms with Crippen LogP contribution >= 0.6 is 0 Å². The number of hydrogen-bond donors (Lipinski definition) is 1. The second kappa shape index (κ2) is 8.40. The minimum atomic E-state index is -0.0497. The molecule has 7 nitrogen and oxygen atoms in total. The second-order valence-corrected chi connectivity index (χ2v) is 8.29. The van der Waals surface area contributed by atoms with Gasteiger partial charge in [0.2, 0.25) is 5.91 Å². The predicted molar refractivity (Wildman–Crippen MR) is 128 cm³/mol. The number of benzene rings is 2. The highest BCUT2D eigenvalue weighted by atomic mass is 16.1. The van der Waals surface area contributed by atoms with Gasteiger partial charge in [0.05, 0.1) is 6.20 Å². The van der Waals surface area contributed by atoms with Gasteiger partial charge in [-0.2, -0.15) is 10.4 Å². The molecule has 2 aromatic carbocycles. The smallest absolute Gasteiger partial charge is 0.224 e. The van der Waals surface area contributed by atoms with E-state index in [0.29, 0.717) is 24.1 Å². The molecule has 0 bridgehead atoms. The van der Waals surface area contributed by atoms with Gasteiger partial charge < -0.3 is 10.2 Å². The molecule has 164 valence electrons. The van der Waals surface area contributed by atoms with E-state index in [4.69, 9.17) is 0 Å². The van der Waals surface area contributed by atoms with Crippen LogP contribution in [0.1, 0.15) is 34.5 Å². The molecule has 7 heteroatoms. The Balaban J connectivity index is 1.25. The quantitative estimate of drug-likeness (QED) is 0.498. The molecular weight excluding hydrogens is 412 g/mol. The summed E-state index contributed by atoms with van der Waals surface area (Å²) in [5, 5.41) is 16.5. The molecule has 0 saturated carbocycles. The number of nitrogens with one attached hydrogen (secondary N) is 1. The van der Waals surface area contributed by atoms with Crippen LogP contribution in [0, 0.1) is 25.2 Å². The minimum absolute atomic E-state index is 0.0497. The number of nitriles is 1. The van der Waals surface area contributed by atoms with Crippen LogP contribution in [0.3, 0.4) is 0 Å². The van der Waals surface area contributed by atoms with Crippen molar-refractivity contribution in [3.63, 3.8) is 0 Å². The van der Waals surface area contributed by atoms with Gasteiger partial charge in [-0.05, 0) is 68.1 Å². The van der Waals surface area contributed by atoms with Crippen molar-refractivity contribution >= 4 is 28.6 Å². The number of rotatable bonds is 5. The van der Waals surface area contributed by atoms with Crippen LogP contribution in [-0.2, 0) is 17.6 Å². The van der Waals surface area contributed by atoms with Gasteiger partial charge in [0.1, 0.15) is 11.6 Å². The van der Waals surface area contributed by atoms with Crippen molar-refractivity contribution in [2.75, 3.05) is 16.8 Å². The van der Waals surface area contributed by atoms with Gasteiger partial charge in [-0.1, -0.05) is 18.2 Å². The predicted octanol–water partition coefficient (Wildman–Crippen LogP) is 4.48. The van der Waals surface area contributed by atoms with E-state index in [0.717, 1.165) is 41.3 Å². The van der Waals surface area contributed by atoms with E-state index in [-0.39, 0.29) is 5.91 Å². The molecule has 2 aromatic heterocycles. The van der Waals surface area contributed by atoms with Crippen molar-refractivity contribution in [3.05, 3.63) is 82.8 Å². The van der Waals surface area contributed by atoms with Crippen LogP contribution < -0.4 is 10.2 Å². The van der Waals surface area contributed by atoms with E-state index < -0.39 is 0 Å². The lowest BCUT2D eigenvalue weighted by atomic mass is 10.1. The first kappa shape index (κ1) is 20.7. The molecule has 3 heterocycles. The number of fused-ring (bicyclic) bond motifs is 2. The summed E-state index contributed by atoms with van der Waals surface area (Å²) >= 11 is 0. The number of nitrogens with zero attached hydrogens (tertiary/aromatic N) is 5. The van der Waals surface area contributed by atoms with Gasteiger partial charge in [0.15, 0.2) is 5.65 Å². The summed E-state index contributed by atoms with van der Waals surface area (Å²) in [5.41, 5.74) is 8.24. The lowest BCUT2D eigenvalue weighted by molar-refractivity contribution is -0.116. The van der Waals surface area contributed by atoms with Crippen LogP contribution in [0.5, 0.6) is 0 Å². The number of amides is 1. The summed E-state index contributed by atoms with van der Waals surface area (Å²) < 4.78 is 1.67. The van der Waals surface area contributed by atoms with E-state index in [2.05, 4.69) is 50.6 Å². The average molecular weight is 437 g/mol. The third-order valence-corrected chi connectivity index (χ3v) is 6.28. The first-order valence-corrected chi connectivity index (χ1v) is 11.0. The van der Waals surface area contributed by atoms with Crippen molar-refractivity contribution in [1.82, 2.24) is 14.6 Å². The number of carbonyl (C=O) groups is 1. The number of aromatic nitrogens is 3. The molecule has 0 radical (unpaired) electrons. The molecule has 0 saturated heterocycles. The molecule has 1 aliphatic heterocycles. The maximum absolute atomic E-state index is 12.6. The number of carbonyl (C=O) groups excluding carboxylic acids is 1. The molecular formula is C26H24N6O. The number of anilines is 3. The number of hydrogen-bond acceptors (Lipinski definition) is 5. The van der Waals surface area contributed by atoms with Crippen LogP contribution in [0.2, 0.25) is 0 Å². The van der Waals surface area contributed by atoms with Crippen LogP contribution in [0.4, 0.5) is 17.1 Å². The summed E-state index contributed by atoms with van der Waals surface area (Å²) in [5.74, 6) is -0.0497. The third-order valence-electron chi connectivity index (χ3n) is 6.28. The van der Waals surface area contributed by atoms with Gasteiger partial charge in [0, 0.05) is 41.4 Å². The third kappa shape index (κ3) is 3.80. The molecule has 0 unspecified atom stereocenters. The van der Waals surface area contributed by atoms with Crippen LogP contribution in [0.25, 0.3) is 5.65 Å². The van der Waals surface area contributed by atoms with Crippen molar-refractivity contribution in [2.24, 2.45) is 0 Å². The fourth-order valence-corrected chi connectivity index (χ4v) is 4.54. The summed E-state index contributed by atoms with van der Waals surface area (Å²) in [6.07, 6.45) is 3.46. The van der Waals surface area contributed by atoms with Gasteiger partial charge in [-0.15, -0.1) is 0 Å². The molecule has 0 fully saturated rings. The summed E-state index contributed by atoms with van der Waals surface area (Å²) in [4.78, 5) is 19.5. The van der Waals surface area contributed by atoms with E-state index in [9.17, 15) is 10.1 Å². The fraction of sp³-hybridized carbons (Fsp3) is 0.231. The topological polar surface area (TPSA) is 86.3 Å². The maximum atomic E-state index is 12.6. The Morgan fingerprint density at radius 1 is 1.15 bits per heavy atom. The Morgan fingerprint density at radius 2 is 1.94 bits per heavy atom. The average Bonchev–Trinajstić information content (AvgIpc) is 3.43. The van der Waals surface area contributed by atoms with E-state index in [1.807, 2.05) is 38.1 Å². The van der Waals surface area contributed by atoms with Gasteiger partial charge in [0.25, 0.3) is 0 Å². The van der Waals surface area contributed by atoms with Crippen molar-refractivity contribution in [3.8, 4) is 6.07 Å². The molecule has 5 rings (SSSR count). The monoisotopic (exact) mass is 436 g/mol. The molecule has 1 aliphatic rings. The zero-order valence-electron chi connectivity index (χ0n) is 18.7. The fourth-order valence-electron chi connectivity index (χ4n) is 4.54. The number of aryl methyl sites for hydroxylation is 2. The normalized spacial score (nSPS) is 12.6. The molecule has 33 heavy (non-hydrogen) atoms. The molecule has 4 aromatic rings. The van der Waals surface area contributed by atoms with Crippen LogP contribution in [0.15, 0.2) is 54.7 Å². The Kier molecular flexibility index (Phi) is 5.27. The summed E-state index contributed by atoms with van der Waals surface area (Å²) in [7, 11) is 0. The highest BCUT2D eigenvalue weighted by molar-refractivity contribution is 5.91. The lowest BCUT2D eigenvalue weighted by Crippen LogP contribution is -2.15. The first-order chi connectivity index (χ1) is 16.0. The van der Waals surface area contributed by atoms with Crippen molar-refractivity contribution in [1.29, 1.82) is 5.26 Å². The van der Waals surface area contributed by atoms with Gasteiger partial charge in [-0.25, -0.2) is 9.50 Å². The SMILES string of the molecule is Cc1nc2c(C#N)cnn2c(C)c1CCC(=O)Nc1ccc(N2CCc3ccccc32)cc1. The largest absolute Gasteiger partial charge is 0.341 e. The molecule has 1 amide bonds. The zero-order chi connectivity index (χ0) is 22.9. The lowest BCUT2D eigenvalue weighted by Gasteiger charge is -2.20. The van der Waals surface area contributed by atoms with Crippen molar-refractivity contribution in [2.45, 2.75) is 33.1 Å². The van der Waals surface area contributed by atoms with Gasteiger partial charge in [-0.3, -0.25) is 4.79 Å². The Morgan fingerprint density at radius 3 is 2.73 bits per heavy atom. The summed E-state index contributed by atoms with van der Waals surface area (Å²) in [6.45, 7) is 4.82. The van der Waals surface area contributed by atoms with E-state index in [1.54, 1.807) is 4.52 Å². The van der Waals surface area contributed by atoms with Crippen molar-refractivity contribution < 1.29 is 4.79 Å². The Labute approximate surface area is 192 Å². The standard InChI is InChI=1S/C26H24N6O/c1-17-23(18(2)32-26(29-17)20(15-27)16-28-32)11-12-25(33)30-21-7-9-22(10-8-21)31-14-13-19-5-3-4-6-24(19)31/h3-10,16H,11-14H2,1-2H3,(H,30,33). The maximum Gasteiger partial charge on any atom is 0.224 e. The Bertz CT molecular complexity index is 1400. The zero-order valence-corrected chi connectivity index (χ0v) is 18.7. The molecule has 1 N–H and O–H groups in total. The summed E-state index contributed by atoms with van der Waals surface area (Å²) in [6, 6.07) is 18.6. The van der Waals surface area contributed by atoms with E-state index >= 15 is 0 Å². The molecule has 0 spiro atoms. The Hall–Kier alpha value is -4.18. The second-order valence-electron chi connectivity index (χ2n) is 8.29. The molecule has 0 atom stereocenters. The van der Waals surface area contributed by atoms with Gasteiger partial charge >= 0.3 is 0 Å². The number of para-hydroxylation sites is 1.